The van der Waals surface area contributed by atoms with E-state index in [2.05, 4.69) is 0 Å². The Labute approximate surface area is 101 Å². The maximum Gasteiger partial charge on any atom is 0.226 e. The molecule has 0 aromatic rings. The van der Waals surface area contributed by atoms with Crippen LogP contribution in [-0.2, 0) is 14.3 Å². The fourth-order valence-corrected chi connectivity index (χ4v) is 1.90. The van der Waals surface area contributed by atoms with E-state index in [1.54, 1.807) is 11.1 Å². The van der Waals surface area contributed by atoms with E-state index in [-0.39, 0.29) is 11.8 Å². The quantitative estimate of drug-likeness (QED) is 0.711. The average Bonchev–Trinajstić information content (AvgIpc) is 2.27. The van der Waals surface area contributed by atoms with Gasteiger partial charge in [-0.25, -0.2) is 0 Å². The summed E-state index contributed by atoms with van der Waals surface area (Å²) < 4.78 is 5.18. The van der Waals surface area contributed by atoms with Crippen LogP contribution in [-0.4, -0.2) is 54.5 Å². The van der Waals surface area contributed by atoms with Crippen LogP contribution in [0.15, 0.2) is 12.3 Å². The minimum absolute atomic E-state index is 0.113. The van der Waals surface area contributed by atoms with E-state index in [4.69, 9.17) is 4.74 Å². The van der Waals surface area contributed by atoms with Crippen molar-refractivity contribution in [1.29, 1.82) is 0 Å². The van der Waals surface area contributed by atoms with Crippen LogP contribution in [0, 0.1) is 0 Å². The molecule has 0 radical (unpaired) electrons. The fourth-order valence-electron chi connectivity index (χ4n) is 1.90. The topological polar surface area (TPSA) is 49.9 Å². The molecule has 2 rings (SSSR count). The van der Waals surface area contributed by atoms with Gasteiger partial charge >= 0.3 is 0 Å². The van der Waals surface area contributed by atoms with E-state index in [0.29, 0.717) is 45.6 Å². The normalized spacial score (nSPS) is 19.1. The summed E-state index contributed by atoms with van der Waals surface area (Å²) in [7, 11) is 0. The molecule has 94 valence electrons. The van der Waals surface area contributed by atoms with Crippen molar-refractivity contribution in [3.63, 3.8) is 0 Å². The highest BCUT2D eigenvalue weighted by Crippen LogP contribution is 2.09. The Morgan fingerprint density at radius 1 is 1.12 bits per heavy atom. The third kappa shape index (κ3) is 3.30. The van der Waals surface area contributed by atoms with Gasteiger partial charge in [0, 0.05) is 38.7 Å². The van der Waals surface area contributed by atoms with Gasteiger partial charge in [0.25, 0.3) is 0 Å². The molecule has 0 aromatic carbocycles. The summed E-state index contributed by atoms with van der Waals surface area (Å²) in [6.07, 6.45) is 5.28. The summed E-state index contributed by atoms with van der Waals surface area (Å²) >= 11 is 0. The van der Waals surface area contributed by atoms with Gasteiger partial charge < -0.3 is 14.5 Å². The number of ether oxygens (including phenoxy) is 1. The highest BCUT2D eigenvalue weighted by molar-refractivity contribution is 5.80. The predicted molar refractivity (Wildman–Crippen MR) is 62.1 cm³/mol. The Hall–Kier alpha value is -1.36. The van der Waals surface area contributed by atoms with Crippen LogP contribution in [0.1, 0.15) is 19.3 Å². The van der Waals surface area contributed by atoms with E-state index in [1.165, 1.54) is 0 Å². The van der Waals surface area contributed by atoms with E-state index >= 15 is 0 Å². The van der Waals surface area contributed by atoms with Crippen molar-refractivity contribution in [3.05, 3.63) is 12.3 Å². The smallest absolute Gasteiger partial charge is 0.226 e. The Balaban J connectivity index is 1.62. The zero-order chi connectivity index (χ0) is 12.1. The number of nitrogens with zero attached hydrogens (tertiary/aromatic N) is 2. The summed E-state index contributed by atoms with van der Waals surface area (Å²) in [4.78, 5) is 26.8. The molecule has 0 saturated carbocycles. The van der Waals surface area contributed by atoms with Gasteiger partial charge in [0.2, 0.25) is 11.8 Å². The lowest BCUT2D eigenvalue weighted by Gasteiger charge is -2.27. The second kappa shape index (κ2) is 5.82. The van der Waals surface area contributed by atoms with Crippen molar-refractivity contribution < 1.29 is 14.3 Å². The van der Waals surface area contributed by atoms with Crippen molar-refractivity contribution in [3.8, 4) is 0 Å². The van der Waals surface area contributed by atoms with Crippen LogP contribution in [0.4, 0.5) is 0 Å². The first-order chi connectivity index (χ1) is 8.27. The molecular weight excluding hydrogens is 220 g/mol. The second-order valence-electron chi connectivity index (χ2n) is 4.28. The van der Waals surface area contributed by atoms with Crippen molar-refractivity contribution in [2.75, 3.05) is 32.8 Å². The largest absolute Gasteiger partial charge is 0.378 e. The van der Waals surface area contributed by atoms with Gasteiger partial charge in [-0.3, -0.25) is 9.59 Å². The van der Waals surface area contributed by atoms with Crippen LogP contribution in [0.2, 0.25) is 0 Å². The Morgan fingerprint density at radius 2 is 1.76 bits per heavy atom. The molecule has 0 atom stereocenters. The number of carbonyl (C=O) groups excluding carboxylic acids is 2. The molecular formula is C12H18N2O3. The minimum Gasteiger partial charge on any atom is -0.378 e. The molecule has 1 saturated heterocycles. The van der Waals surface area contributed by atoms with E-state index in [9.17, 15) is 9.59 Å². The monoisotopic (exact) mass is 238 g/mol. The SMILES string of the molecule is O=C(CCCC(=O)N1CCOCC1)N1C=CC1. The van der Waals surface area contributed by atoms with Crippen molar-refractivity contribution in [1.82, 2.24) is 9.80 Å². The first-order valence-electron chi connectivity index (χ1n) is 6.09. The summed E-state index contributed by atoms with van der Waals surface area (Å²) in [6, 6.07) is 0. The molecule has 0 spiro atoms. The first kappa shape index (κ1) is 12.1. The molecule has 0 unspecified atom stereocenters. The molecule has 1 fully saturated rings. The fraction of sp³-hybridized carbons (Fsp3) is 0.667. The lowest BCUT2D eigenvalue weighted by atomic mass is 10.2. The lowest BCUT2D eigenvalue weighted by Crippen LogP contribution is -2.40. The highest BCUT2D eigenvalue weighted by atomic mass is 16.5. The average molecular weight is 238 g/mol. The zero-order valence-electron chi connectivity index (χ0n) is 9.93. The summed E-state index contributed by atoms with van der Waals surface area (Å²) in [5.74, 6) is 0.252. The number of amides is 2. The maximum atomic E-state index is 11.8. The molecule has 2 aliphatic rings. The summed E-state index contributed by atoms with van der Waals surface area (Å²) in [5, 5.41) is 0. The molecule has 2 aliphatic heterocycles. The third-order valence-corrected chi connectivity index (χ3v) is 3.05. The number of morpholine rings is 1. The Bertz CT molecular complexity index is 322. The molecule has 2 amide bonds. The van der Waals surface area contributed by atoms with Gasteiger partial charge in [-0.15, -0.1) is 0 Å². The van der Waals surface area contributed by atoms with Gasteiger partial charge in [-0.05, 0) is 12.5 Å². The van der Waals surface area contributed by atoms with E-state index in [0.717, 1.165) is 6.54 Å². The Morgan fingerprint density at radius 3 is 2.35 bits per heavy atom. The number of rotatable bonds is 4. The van der Waals surface area contributed by atoms with Gasteiger partial charge in [0.1, 0.15) is 0 Å². The molecule has 0 N–H and O–H groups in total. The highest BCUT2D eigenvalue weighted by Gasteiger charge is 2.18. The zero-order valence-corrected chi connectivity index (χ0v) is 9.93. The Kier molecular flexibility index (Phi) is 4.14. The molecule has 5 heteroatoms. The van der Waals surface area contributed by atoms with Gasteiger partial charge in [-0.1, -0.05) is 0 Å². The van der Waals surface area contributed by atoms with Crippen LogP contribution in [0.5, 0.6) is 0 Å². The standard InChI is InChI=1S/C12H18N2O3/c15-11(13-5-2-6-13)3-1-4-12(16)14-7-9-17-10-8-14/h2,5H,1,3-4,6-10H2. The summed E-state index contributed by atoms with van der Waals surface area (Å²) in [6.45, 7) is 3.34. The van der Waals surface area contributed by atoms with Gasteiger partial charge in [0.15, 0.2) is 0 Å². The second-order valence-corrected chi connectivity index (χ2v) is 4.28. The van der Waals surface area contributed by atoms with Crippen molar-refractivity contribution in [2.24, 2.45) is 0 Å². The minimum atomic E-state index is 0.113. The van der Waals surface area contributed by atoms with Crippen molar-refractivity contribution in [2.45, 2.75) is 19.3 Å². The van der Waals surface area contributed by atoms with E-state index < -0.39 is 0 Å². The van der Waals surface area contributed by atoms with Crippen LogP contribution < -0.4 is 0 Å². The molecule has 2 heterocycles. The molecule has 0 aliphatic carbocycles. The van der Waals surface area contributed by atoms with Gasteiger partial charge in [-0.2, -0.15) is 0 Å². The van der Waals surface area contributed by atoms with Crippen LogP contribution in [0.3, 0.4) is 0 Å². The van der Waals surface area contributed by atoms with Crippen LogP contribution in [0.25, 0.3) is 0 Å². The number of hydrogen-bond donors (Lipinski definition) is 0. The number of carbonyl (C=O) groups is 2. The maximum absolute atomic E-state index is 11.8. The molecule has 0 aromatic heterocycles. The molecule has 17 heavy (non-hydrogen) atoms. The molecule has 0 bridgehead atoms. The predicted octanol–water partition coefficient (Wildman–Crippen LogP) is 0.371. The van der Waals surface area contributed by atoms with Crippen LogP contribution >= 0.6 is 0 Å². The lowest BCUT2D eigenvalue weighted by molar-refractivity contribution is -0.135. The summed E-state index contributed by atoms with van der Waals surface area (Å²) in [5.41, 5.74) is 0. The van der Waals surface area contributed by atoms with Crippen molar-refractivity contribution >= 4 is 11.8 Å². The molecule has 5 nitrogen and oxygen atoms in total. The van der Waals surface area contributed by atoms with Gasteiger partial charge in [0.05, 0.1) is 13.2 Å². The third-order valence-electron chi connectivity index (χ3n) is 3.05. The first-order valence-corrected chi connectivity index (χ1v) is 6.09. The number of hydrogen-bond acceptors (Lipinski definition) is 3. The van der Waals surface area contributed by atoms with E-state index in [1.807, 2.05) is 11.0 Å².